The lowest BCUT2D eigenvalue weighted by atomic mass is 10.2. The van der Waals surface area contributed by atoms with Gasteiger partial charge in [0.15, 0.2) is 12.4 Å². The van der Waals surface area contributed by atoms with Gasteiger partial charge in [-0.15, -0.1) is 0 Å². The third kappa shape index (κ3) is 5.32. The molecule has 5 rings (SSSR count). The lowest BCUT2D eigenvalue weighted by Gasteiger charge is -2.10. The number of nitrogens with zero attached hydrogens (tertiary/aromatic N) is 4. The fraction of sp³-hybridized carbons (Fsp3) is 0.107. The zero-order chi connectivity index (χ0) is 27.5. The van der Waals surface area contributed by atoms with Gasteiger partial charge in [-0.2, -0.15) is 5.10 Å². The van der Waals surface area contributed by atoms with E-state index in [4.69, 9.17) is 9.15 Å². The van der Waals surface area contributed by atoms with Gasteiger partial charge in [0, 0.05) is 43.4 Å². The molecule has 0 saturated heterocycles. The Morgan fingerprint density at radius 1 is 1.00 bits per heavy atom. The number of para-hydroxylation sites is 2. The summed E-state index contributed by atoms with van der Waals surface area (Å²) in [5.41, 5.74) is 1.45. The Morgan fingerprint density at radius 3 is 2.51 bits per heavy atom. The van der Waals surface area contributed by atoms with Crippen molar-refractivity contribution in [2.45, 2.75) is 0 Å². The van der Waals surface area contributed by atoms with Gasteiger partial charge < -0.3 is 14.5 Å². The van der Waals surface area contributed by atoms with Gasteiger partial charge in [0.2, 0.25) is 0 Å². The predicted octanol–water partition coefficient (Wildman–Crippen LogP) is 2.88. The molecule has 0 bridgehead atoms. The molecule has 11 heteroatoms. The minimum Gasteiger partial charge on any atom is -0.454 e. The molecule has 0 aliphatic rings. The Labute approximate surface area is 221 Å². The second-order valence-corrected chi connectivity index (χ2v) is 8.62. The maximum Gasteiger partial charge on any atom is 0.332 e. The number of carbonyl (C=O) groups excluding carboxylic acids is 2. The van der Waals surface area contributed by atoms with Crippen LogP contribution < -0.4 is 16.6 Å². The number of fused-ring (bicyclic) bond motifs is 1. The Balaban J connectivity index is 1.33. The highest BCUT2D eigenvalue weighted by Gasteiger charge is 2.16. The molecule has 0 aliphatic heterocycles. The van der Waals surface area contributed by atoms with Crippen LogP contribution in [-0.2, 0) is 28.4 Å². The molecular formula is C28H23N5O6. The van der Waals surface area contributed by atoms with Gasteiger partial charge in [0.1, 0.15) is 17.1 Å². The summed E-state index contributed by atoms with van der Waals surface area (Å²) in [7, 11) is 2.73. The molecule has 0 aliphatic carbocycles. The highest BCUT2D eigenvalue weighted by molar-refractivity contribution is 5.94. The first-order chi connectivity index (χ1) is 18.8. The Morgan fingerprint density at radius 2 is 1.74 bits per heavy atom. The van der Waals surface area contributed by atoms with E-state index in [-0.39, 0.29) is 5.82 Å². The maximum atomic E-state index is 12.4. The van der Waals surface area contributed by atoms with E-state index in [0.717, 1.165) is 26.3 Å². The van der Waals surface area contributed by atoms with E-state index >= 15 is 0 Å². The zero-order valence-electron chi connectivity index (χ0n) is 21.0. The van der Waals surface area contributed by atoms with Gasteiger partial charge in [-0.1, -0.05) is 36.4 Å². The predicted molar refractivity (Wildman–Crippen MR) is 144 cm³/mol. The smallest absolute Gasteiger partial charge is 0.332 e. The standard InChI is InChI=1S/C28H23N5O6/c1-31-23(15-25(35)32(2)28(31)37)29-24(34)17-38-26(36)13-12-19-16-33(20-9-4-3-5-10-20)30-27(19)22-14-18-8-6-7-11-21(18)39-22/h3-16H,17H2,1-2H3,(H,29,34). The molecule has 0 spiro atoms. The first-order valence-corrected chi connectivity index (χ1v) is 11.9. The van der Waals surface area contributed by atoms with Crippen molar-refractivity contribution in [1.29, 1.82) is 0 Å². The lowest BCUT2D eigenvalue weighted by Crippen LogP contribution is -2.38. The molecule has 0 radical (unpaired) electrons. The Hall–Kier alpha value is -5.45. The summed E-state index contributed by atoms with van der Waals surface area (Å²) < 4.78 is 14.7. The SMILES string of the molecule is Cn1c(NC(=O)COC(=O)C=Cc2cn(-c3ccccc3)nc2-c2cc3ccccc3o2)cc(=O)n(C)c1=O. The summed E-state index contributed by atoms with van der Waals surface area (Å²) in [6.45, 7) is -0.619. The molecule has 1 N–H and O–H groups in total. The van der Waals surface area contributed by atoms with Crippen molar-refractivity contribution >= 4 is 34.7 Å². The van der Waals surface area contributed by atoms with Crippen LogP contribution in [0.25, 0.3) is 34.2 Å². The van der Waals surface area contributed by atoms with Crippen molar-refractivity contribution in [3.63, 3.8) is 0 Å². The number of anilines is 1. The van der Waals surface area contributed by atoms with Gasteiger partial charge in [0.05, 0.1) is 5.69 Å². The highest BCUT2D eigenvalue weighted by atomic mass is 16.5. The van der Waals surface area contributed by atoms with Crippen LogP contribution in [0.4, 0.5) is 5.82 Å². The molecule has 39 heavy (non-hydrogen) atoms. The van der Waals surface area contributed by atoms with Crippen LogP contribution >= 0.6 is 0 Å². The van der Waals surface area contributed by atoms with E-state index in [1.165, 1.54) is 26.2 Å². The molecule has 0 saturated carbocycles. The van der Waals surface area contributed by atoms with Crippen molar-refractivity contribution in [2.24, 2.45) is 14.1 Å². The number of amides is 1. The second kappa shape index (κ2) is 10.5. The van der Waals surface area contributed by atoms with Crippen LogP contribution in [0, 0.1) is 0 Å². The number of carbonyl (C=O) groups is 2. The number of esters is 1. The first kappa shape index (κ1) is 25.2. The van der Waals surface area contributed by atoms with Gasteiger partial charge >= 0.3 is 11.7 Å². The average molecular weight is 526 g/mol. The van der Waals surface area contributed by atoms with Crippen LogP contribution in [0.15, 0.2) is 93.0 Å². The summed E-state index contributed by atoms with van der Waals surface area (Å²) >= 11 is 0. The third-order valence-electron chi connectivity index (χ3n) is 5.96. The van der Waals surface area contributed by atoms with Crippen molar-refractivity contribution in [3.05, 3.63) is 105 Å². The molecule has 2 aromatic carbocycles. The van der Waals surface area contributed by atoms with E-state index in [1.807, 2.05) is 60.7 Å². The number of aromatic nitrogens is 4. The zero-order valence-corrected chi connectivity index (χ0v) is 21.0. The van der Waals surface area contributed by atoms with Gasteiger partial charge in [-0.05, 0) is 30.3 Å². The quantitative estimate of drug-likeness (QED) is 0.255. The Bertz CT molecular complexity index is 1810. The summed E-state index contributed by atoms with van der Waals surface area (Å²) in [6, 6.07) is 20.0. The fourth-order valence-electron chi connectivity index (χ4n) is 3.89. The van der Waals surface area contributed by atoms with Crippen LogP contribution in [0.5, 0.6) is 0 Å². The summed E-state index contributed by atoms with van der Waals surface area (Å²) in [5.74, 6) is -0.965. The summed E-state index contributed by atoms with van der Waals surface area (Å²) in [6.07, 6.45) is 4.46. The minimum atomic E-state index is -0.772. The number of benzene rings is 2. The molecule has 0 atom stereocenters. The molecule has 11 nitrogen and oxygen atoms in total. The molecule has 1 amide bonds. The van der Waals surface area contributed by atoms with E-state index in [2.05, 4.69) is 10.4 Å². The number of furan rings is 1. The number of rotatable bonds is 7. The normalized spacial score (nSPS) is 11.2. The van der Waals surface area contributed by atoms with E-state index in [9.17, 15) is 19.2 Å². The minimum absolute atomic E-state index is 0.0107. The topological polar surface area (TPSA) is 130 Å². The van der Waals surface area contributed by atoms with Crippen molar-refractivity contribution in [2.75, 3.05) is 11.9 Å². The largest absolute Gasteiger partial charge is 0.454 e. The monoisotopic (exact) mass is 525 g/mol. The van der Waals surface area contributed by atoms with Crippen LogP contribution in [-0.4, -0.2) is 37.4 Å². The highest BCUT2D eigenvalue weighted by Crippen LogP contribution is 2.30. The van der Waals surface area contributed by atoms with Crippen molar-refractivity contribution < 1.29 is 18.7 Å². The van der Waals surface area contributed by atoms with Gasteiger partial charge in [0.25, 0.3) is 11.5 Å². The molecule has 0 fully saturated rings. The third-order valence-corrected chi connectivity index (χ3v) is 5.96. The van der Waals surface area contributed by atoms with Crippen molar-refractivity contribution in [3.8, 4) is 17.1 Å². The van der Waals surface area contributed by atoms with Crippen molar-refractivity contribution in [1.82, 2.24) is 18.9 Å². The maximum absolute atomic E-state index is 12.4. The van der Waals surface area contributed by atoms with E-state index < -0.39 is 29.7 Å². The molecule has 196 valence electrons. The molecule has 5 aromatic rings. The van der Waals surface area contributed by atoms with E-state index in [1.54, 1.807) is 10.9 Å². The van der Waals surface area contributed by atoms with Crippen LogP contribution in [0.3, 0.4) is 0 Å². The molecule has 0 unspecified atom stereocenters. The number of hydrogen-bond donors (Lipinski definition) is 1. The molecular weight excluding hydrogens is 502 g/mol. The number of ether oxygens (including phenoxy) is 1. The second-order valence-electron chi connectivity index (χ2n) is 8.62. The molecule has 3 heterocycles. The van der Waals surface area contributed by atoms with Crippen LogP contribution in [0.1, 0.15) is 5.56 Å². The van der Waals surface area contributed by atoms with E-state index in [0.29, 0.717) is 22.6 Å². The molecule has 3 aromatic heterocycles. The first-order valence-electron chi connectivity index (χ1n) is 11.9. The van der Waals surface area contributed by atoms with Crippen LogP contribution in [0.2, 0.25) is 0 Å². The summed E-state index contributed by atoms with van der Waals surface area (Å²) in [5, 5.41) is 7.98. The van der Waals surface area contributed by atoms with Gasteiger partial charge in [-0.3, -0.25) is 18.7 Å². The average Bonchev–Trinajstić information content (AvgIpc) is 3.57. The summed E-state index contributed by atoms with van der Waals surface area (Å²) in [4.78, 5) is 48.5. The van der Waals surface area contributed by atoms with Gasteiger partial charge in [-0.25, -0.2) is 14.3 Å². The Kier molecular flexibility index (Phi) is 6.79. The number of nitrogens with one attached hydrogen (secondary N) is 1. The fourth-order valence-corrected chi connectivity index (χ4v) is 3.89. The number of hydrogen-bond acceptors (Lipinski definition) is 7. The lowest BCUT2D eigenvalue weighted by molar-refractivity contribution is -0.142.